The zero-order chi connectivity index (χ0) is 89.8. The molecule has 646 valence electrons. The number of hydrogen-bond donors (Lipinski definition) is 0. The van der Waals surface area contributed by atoms with E-state index < -0.39 is 34.9 Å². The third-order valence-electron chi connectivity index (χ3n) is 20.4. The minimum Gasteiger partial charge on any atom is -0.460 e. The molecule has 16 rings (SSSR count). The predicted molar refractivity (Wildman–Crippen MR) is 489 cm³/mol. The Balaban J connectivity index is 0.000000158. The summed E-state index contributed by atoms with van der Waals surface area (Å²) in [5, 5.41) is 39.8. The summed E-state index contributed by atoms with van der Waals surface area (Å²) in [6.07, 6.45) is 3.85. The van der Waals surface area contributed by atoms with Gasteiger partial charge in [-0.3, -0.25) is 66.8 Å². The van der Waals surface area contributed by atoms with Crippen LogP contribution in [0.3, 0.4) is 0 Å². The summed E-state index contributed by atoms with van der Waals surface area (Å²) in [6.45, 7) is 47.4. The highest BCUT2D eigenvalue weighted by atomic mass is 35.5. The highest BCUT2D eigenvalue weighted by Gasteiger charge is 2.39. The maximum absolute atomic E-state index is 12.7. The molecule has 3 aromatic carbocycles. The van der Waals surface area contributed by atoms with E-state index in [1.54, 1.807) is 76.6 Å². The monoisotopic (exact) mass is 1760 g/mol. The Labute approximate surface area is 739 Å². The lowest BCUT2D eigenvalue weighted by Gasteiger charge is -2.21. The number of pyridine rings is 1. The van der Waals surface area contributed by atoms with E-state index in [4.69, 9.17) is 45.8 Å². The van der Waals surface area contributed by atoms with E-state index in [1.165, 1.54) is 36.2 Å². The molecule has 25 nitrogen and oxygen atoms in total. The van der Waals surface area contributed by atoms with Gasteiger partial charge in [0.15, 0.2) is 23.3 Å². The van der Waals surface area contributed by atoms with E-state index in [1.807, 2.05) is 181 Å². The average Bonchev–Trinajstić information content (AvgIpc) is 1.61. The maximum Gasteiger partial charge on any atom is 0.308 e. The summed E-state index contributed by atoms with van der Waals surface area (Å²) < 4.78 is 34.5. The third-order valence-corrected chi connectivity index (χ3v) is 25.5. The fourth-order valence-electron chi connectivity index (χ4n) is 14.4. The normalized spacial score (nSPS) is 15.3. The number of aryl methyl sites for hydroxylation is 8. The van der Waals surface area contributed by atoms with E-state index in [0.29, 0.717) is 36.2 Å². The first-order valence-corrected chi connectivity index (χ1v) is 44.3. The second-order valence-electron chi connectivity index (χ2n) is 32.8. The molecule has 9 aromatic heterocycles. The SMILES string of the molecule is CC.CC(=O)N(C)C[C@@H]1N=C(c2ccc(Cl)cc2)c2c(sc(C)c2C)-n2c(C)nnc21.CF.Cc1sc2c(c1C)C(c1ccccc1)=N[C@@H](CC(=O)OC(C)(C)C)c1nnc(C)n1-2.Cc1sc2c(c1C)C(c1ccccc1)=N[C@@H](CC(=O)OC(C)(C)C)c1nnc(C)n1-2.Cc1sc2c(c1C)C(c1cccnc1)=N[C@@H](CC(=O)OC(C)(C)C)c1nnc(C)n1-2. The predicted octanol–water partition coefficient (Wildman–Crippen LogP) is 19.9. The van der Waals surface area contributed by atoms with Crippen LogP contribution in [0, 0.1) is 83.1 Å². The molecule has 0 bridgehead atoms. The second kappa shape index (κ2) is 38.4. The molecule has 0 fully saturated rings. The Hall–Kier alpha value is -11.1. The number of esters is 3. The molecule has 1 amide bonds. The largest absolute Gasteiger partial charge is 0.460 e. The molecule has 4 atom stereocenters. The van der Waals surface area contributed by atoms with Crippen LogP contribution in [0.25, 0.3) is 20.0 Å². The van der Waals surface area contributed by atoms with Crippen LogP contribution >= 0.6 is 56.9 Å². The summed E-state index contributed by atoms with van der Waals surface area (Å²) in [5.41, 5.74) is 14.8. The van der Waals surface area contributed by atoms with E-state index >= 15 is 0 Å². The van der Waals surface area contributed by atoms with Crippen LogP contribution in [-0.2, 0) is 33.4 Å². The fraction of sp³-hybridized carbons (Fsp3) is 0.402. The summed E-state index contributed by atoms with van der Waals surface area (Å²) in [6, 6.07) is 30.1. The molecule has 31 heteroatoms. The number of hydrogen-bond acceptors (Lipinski definition) is 24. The Morgan fingerprint density at radius 2 is 0.667 bits per heavy atom. The quantitative estimate of drug-likeness (QED) is 0.0811. The smallest absolute Gasteiger partial charge is 0.308 e. The molecule has 0 radical (unpaired) electrons. The number of carbonyl (C=O) groups excluding carboxylic acids is 4. The van der Waals surface area contributed by atoms with Gasteiger partial charge in [-0.1, -0.05) is 98.2 Å². The number of ether oxygens (including phenoxy) is 3. The number of amides is 1. The van der Waals surface area contributed by atoms with Crippen molar-refractivity contribution in [2.24, 2.45) is 20.0 Å². The molecule has 123 heavy (non-hydrogen) atoms. The zero-order valence-corrected chi connectivity index (χ0v) is 78.8. The van der Waals surface area contributed by atoms with Gasteiger partial charge in [-0.2, -0.15) is 0 Å². The molecular weight excluding hydrogens is 1650 g/mol. The van der Waals surface area contributed by atoms with Crippen LogP contribution in [0.4, 0.5) is 4.39 Å². The van der Waals surface area contributed by atoms with Crippen molar-refractivity contribution >= 4 is 104 Å². The first kappa shape index (κ1) is 92.7. The molecule has 0 unspecified atom stereocenters. The molecule has 0 aliphatic carbocycles. The van der Waals surface area contributed by atoms with Crippen molar-refractivity contribution in [1.29, 1.82) is 0 Å². The number of thiophene rings is 4. The van der Waals surface area contributed by atoms with Gasteiger partial charge in [-0.05, 0) is 192 Å². The Morgan fingerprint density at radius 1 is 0.398 bits per heavy atom. The van der Waals surface area contributed by atoms with Crippen LogP contribution in [0.5, 0.6) is 0 Å². The number of fused-ring (bicyclic) bond motifs is 12. The molecule has 0 N–H and O–H groups in total. The standard InChI is InChI=1S/2C23H26N4O2S.C22H25N5O2S.C21H22ClN5OS.C2H6.CH3F/c2*1-13-14(2)30-22-19(13)20(16-10-8-7-9-11-16)24-17(12-18(28)29-23(4,5)6)21-26-25-15(3)27(21)22;1-12-13(2)30-21-18(12)19(15-8-7-9-23-11-15)24-16(10-17(28)29-22(4,5)6)20-26-25-14(3)27(20)21;1-11-12(2)29-21-18(11)19(15-6-8-16(22)9-7-15)23-17(10-26(5)14(4)28)20-25-24-13(3)27(20)21;2*1-2/h2*7-11,17H,12H2,1-6H3;7-9,11,16H,10H2,1-6H3;6-9,17H,10H2,1-5H3;1-2H3;1H3/t2*17-;16-;17-;;/m0000../s1. The number of aliphatic imine (C=N–C) groups is 4. The van der Waals surface area contributed by atoms with Crippen LogP contribution < -0.4 is 0 Å². The van der Waals surface area contributed by atoms with Crippen molar-refractivity contribution in [2.75, 3.05) is 20.8 Å². The van der Waals surface area contributed by atoms with Gasteiger partial charge in [-0.15, -0.1) is 86.1 Å². The zero-order valence-electron chi connectivity index (χ0n) is 74.8. The van der Waals surface area contributed by atoms with E-state index in [9.17, 15) is 23.6 Å². The first-order chi connectivity index (χ1) is 58.2. The molecular formula is C92H108ClFN18O7S4. The first-order valence-electron chi connectivity index (χ1n) is 40.7. The van der Waals surface area contributed by atoms with Crippen molar-refractivity contribution in [3.05, 3.63) is 247 Å². The number of aromatic nitrogens is 13. The fourth-order valence-corrected chi connectivity index (χ4v) is 19.4. The number of halogens is 2. The van der Waals surface area contributed by atoms with Crippen LogP contribution in [-0.4, -0.2) is 153 Å². The number of likely N-dealkylation sites (N-methyl/N-ethyl adjacent to an activating group) is 1. The number of nitrogens with zero attached hydrogens (tertiary/aromatic N) is 18. The molecule has 4 aliphatic heterocycles. The van der Waals surface area contributed by atoms with Crippen molar-refractivity contribution in [2.45, 2.75) is 226 Å². The number of carbonyl (C=O) groups is 4. The Kier molecular flexibility index (Phi) is 28.9. The lowest BCUT2D eigenvalue weighted by Crippen LogP contribution is -2.29. The van der Waals surface area contributed by atoms with Gasteiger partial charge < -0.3 is 19.1 Å². The Bertz CT molecular complexity index is 5570. The van der Waals surface area contributed by atoms with Gasteiger partial charge >= 0.3 is 17.9 Å². The molecule has 4 aliphatic rings. The van der Waals surface area contributed by atoms with Crippen LogP contribution in [0.2, 0.25) is 5.02 Å². The number of rotatable bonds is 12. The second-order valence-corrected chi connectivity index (χ2v) is 38.1. The van der Waals surface area contributed by atoms with E-state index in [2.05, 4.69) is 139 Å². The Morgan fingerprint density at radius 3 is 0.943 bits per heavy atom. The maximum atomic E-state index is 12.7. The minimum absolute atomic E-state index is 0.0120. The topological polar surface area (TPSA) is 284 Å². The molecule has 0 saturated heterocycles. The van der Waals surface area contributed by atoms with Gasteiger partial charge in [0.05, 0.1) is 49.3 Å². The van der Waals surface area contributed by atoms with E-state index in [0.717, 1.165) is 122 Å². The van der Waals surface area contributed by atoms with Gasteiger partial charge in [0.1, 0.15) is 84.3 Å². The van der Waals surface area contributed by atoms with E-state index in [-0.39, 0.29) is 49.1 Å². The van der Waals surface area contributed by atoms with Gasteiger partial charge in [0.2, 0.25) is 5.91 Å². The van der Waals surface area contributed by atoms with Gasteiger partial charge in [-0.25, -0.2) is 0 Å². The summed E-state index contributed by atoms with van der Waals surface area (Å²) in [4.78, 5) is 81.1. The van der Waals surface area contributed by atoms with Crippen molar-refractivity contribution in [1.82, 2.24) is 68.9 Å². The minimum atomic E-state index is -0.562. The molecule has 12 aromatic rings. The summed E-state index contributed by atoms with van der Waals surface area (Å²) in [7, 11) is 2.28. The van der Waals surface area contributed by atoms with Crippen LogP contribution in [0.1, 0.15) is 259 Å². The summed E-state index contributed by atoms with van der Waals surface area (Å²) >= 11 is 12.9. The number of alkyl halides is 1. The van der Waals surface area contributed by atoms with Crippen LogP contribution in [0.15, 0.2) is 129 Å². The number of benzene rings is 3. The average molecular weight is 1760 g/mol. The highest BCUT2D eigenvalue weighted by molar-refractivity contribution is 7.16. The van der Waals surface area contributed by atoms with Gasteiger partial charge in [0, 0.05) is 102 Å². The molecule has 0 saturated carbocycles. The van der Waals surface area contributed by atoms with Crippen molar-refractivity contribution in [3.63, 3.8) is 0 Å². The third kappa shape index (κ3) is 20.4. The molecule has 13 heterocycles. The van der Waals surface area contributed by atoms with Crippen molar-refractivity contribution in [3.8, 4) is 20.0 Å². The van der Waals surface area contributed by atoms with Crippen molar-refractivity contribution < 1.29 is 37.8 Å². The lowest BCUT2D eigenvalue weighted by molar-refractivity contribution is -0.156. The van der Waals surface area contributed by atoms with Gasteiger partial charge in [0.25, 0.3) is 0 Å². The highest BCUT2D eigenvalue weighted by Crippen LogP contribution is 2.45. The summed E-state index contributed by atoms with van der Waals surface area (Å²) in [5.74, 6) is 4.98. The molecule has 0 spiro atoms. The lowest BCUT2D eigenvalue weighted by atomic mass is 10.00.